The minimum atomic E-state index is -0.673. The number of hydrogen-bond acceptors (Lipinski definition) is 8. The Balaban J connectivity index is 1.46. The van der Waals surface area contributed by atoms with E-state index < -0.39 is 28.5 Å². The van der Waals surface area contributed by atoms with E-state index in [1.54, 1.807) is 18.2 Å². The number of hydrogen-bond donors (Lipinski definition) is 1. The van der Waals surface area contributed by atoms with E-state index in [9.17, 15) is 24.5 Å². The lowest BCUT2D eigenvalue weighted by atomic mass is 10.2. The van der Waals surface area contributed by atoms with Crippen LogP contribution in [0.2, 0.25) is 5.02 Å². The normalized spacial score (nSPS) is 16.2. The Morgan fingerprint density at radius 1 is 1.23 bits per heavy atom. The molecule has 158 valence electrons. The Labute approximate surface area is 183 Å². The number of thioether (sulfide) groups is 1. The van der Waals surface area contributed by atoms with Gasteiger partial charge in [0.2, 0.25) is 12.7 Å². The molecule has 0 unspecified atom stereocenters. The SMILES string of the molecule is O=C(CN1C(=O)S/C(=C\c2ccc(Cl)c([N+](=O)[O-])c2)C1=O)Nc1ccc2c(c1)OCO2. The summed E-state index contributed by atoms with van der Waals surface area (Å²) >= 11 is 6.42. The van der Waals surface area contributed by atoms with E-state index in [0.717, 1.165) is 4.90 Å². The molecule has 0 atom stereocenters. The molecule has 31 heavy (non-hydrogen) atoms. The van der Waals surface area contributed by atoms with Gasteiger partial charge in [0.1, 0.15) is 11.6 Å². The van der Waals surface area contributed by atoms with Crippen LogP contribution in [-0.4, -0.2) is 40.2 Å². The summed E-state index contributed by atoms with van der Waals surface area (Å²) in [6.45, 7) is -0.399. The molecule has 0 saturated carbocycles. The first-order valence-corrected chi connectivity index (χ1v) is 9.90. The molecule has 10 nitrogen and oxygen atoms in total. The molecule has 2 aliphatic heterocycles. The minimum Gasteiger partial charge on any atom is -0.454 e. The molecule has 2 aromatic carbocycles. The van der Waals surface area contributed by atoms with Gasteiger partial charge in [0, 0.05) is 17.8 Å². The molecule has 0 spiro atoms. The second-order valence-corrected chi connectivity index (χ2v) is 7.75. The highest BCUT2D eigenvalue weighted by Crippen LogP contribution is 2.35. The molecule has 4 rings (SSSR count). The average Bonchev–Trinajstić information content (AvgIpc) is 3.29. The van der Waals surface area contributed by atoms with Crippen molar-refractivity contribution in [1.82, 2.24) is 4.90 Å². The third-order valence-electron chi connectivity index (χ3n) is 4.30. The second-order valence-electron chi connectivity index (χ2n) is 6.35. The number of carbonyl (C=O) groups excluding carboxylic acids is 3. The van der Waals surface area contributed by atoms with Crippen LogP contribution in [0.4, 0.5) is 16.2 Å². The number of rotatable bonds is 5. The minimum absolute atomic E-state index is 0.0394. The third-order valence-corrected chi connectivity index (χ3v) is 5.52. The maximum Gasteiger partial charge on any atom is 0.294 e. The lowest BCUT2D eigenvalue weighted by molar-refractivity contribution is -0.384. The zero-order chi connectivity index (χ0) is 22.1. The summed E-state index contributed by atoms with van der Waals surface area (Å²) in [5, 5.41) is 12.9. The van der Waals surface area contributed by atoms with Gasteiger partial charge in [0.25, 0.3) is 16.8 Å². The van der Waals surface area contributed by atoms with Crippen LogP contribution in [0.3, 0.4) is 0 Å². The number of amides is 3. The first-order chi connectivity index (χ1) is 14.8. The van der Waals surface area contributed by atoms with Crippen LogP contribution in [-0.2, 0) is 9.59 Å². The number of ether oxygens (including phenoxy) is 2. The molecule has 12 heteroatoms. The van der Waals surface area contributed by atoms with Gasteiger partial charge >= 0.3 is 0 Å². The lowest BCUT2D eigenvalue weighted by Crippen LogP contribution is -2.36. The molecule has 3 amide bonds. The largest absolute Gasteiger partial charge is 0.454 e. The number of benzene rings is 2. The fourth-order valence-corrected chi connectivity index (χ4v) is 3.89. The Morgan fingerprint density at radius 2 is 2.00 bits per heavy atom. The molecular formula is C19H12ClN3O7S. The van der Waals surface area contributed by atoms with E-state index in [1.807, 2.05) is 0 Å². The molecule has 2 aliphatic rings. The molecule has 2 aromatic rings. The number of halogens is 1. The highest BCUT2D eigenvalue weighted by Gasteiger charge is 2.36. The van der Waals surface area contributed by atoms with E-state index in [2.05, 4.69) is 5.32 Å². The summed E-state index contributed by atoms with van der Waals surface area (Å²) in [7, 11) is 0. The lowest BCUT2D eigenvalue weighted by Gasteiger charge is -2.12. The Bertz CT molecular complexity index is 1170. The van der Waals surface area contributed by atoms with Crippen LogP contribution in [0.25, 0.3) is 6.08 Å². The molecule has 1 saturated heterocycles. The molecular weight excluding hydrogens is 450 g/mol. The summed E-state index contributed by atoms with van der Waals surface area (Å²) in [6.07, 6.45) is 1.34. The van der Waals surface area contributed by atoms with Crippen LogP contribution in [0.1, 0.15) is 5.56 Å². The molecule has 1 N–H and O–H groups in total. The smallest absolute Gasteiger partial charge is 0.294 e. The topological polar surface area (TPSA) is 128 Å². The van der Waals surface area contributed by atoms with Gasteiger partial charge < -0.3 is 14.8 Å². The Morgan fingerprint density at radius 3 is 2.77 bits per heavy atom. The van der Waals surface area contributed by atoms with Crippen LogP contribution in [0, 0.1) is 10.1 Å². The average molecular weight is 462 g/mol. The highest BCUT2D eigenvalue weighted by molar-refractivity contribution is 8.18. The van der Waals surface area contributed by atoms with Crippen LogP contribution in [0.5, 0.6) is 11.5 Å². The number of anilines is 1. The van der Waals surface area contributed by atoms with Crippen molar-refractivity contribution < 1.29 is 28.8 Å². The van der Waals surface area contributed by atoms with E-state index in [0.29, 0.717) is 34.5 Å². The van der Waals surface area contributed by atoms with Crippen molar-refractivity contribution >= 4 is 57.9 Å². The number of fused-ring (bicyclic) bond motifs is 1. The zero-order valence-corrected chi connectivity index (χ0v) is 17.1. The summed E-state index contributed by atoms with van der Waals surface area (Å²) in [4.78, 5) is 48.4. The van der Waals surface area contributed by atoms with Crippen LogP contribution in [0.15, 0.2) is 41.3 Å². The number of carbonyl (C=O) groups is 3. The molecule has 0 aromatic heterocycles. The summed E-state index contributed by atoms with van der Waals surface area (Å²) < 4.78 is 10.4. The van der Waals surface area contributed by atoms with E-state index >= 15 is 0 Å². The quantitative estimate of drug-likeness (QED) is 0.406. The van der Waals surface area contributed by atoms with Gasteiger partial charge in [0.05, 0.1) is 9.83 Å². The Kier molecular flexibility index (Phi) is 5.53. The maximum absolute atomic E-state index is 12.6. The zero-order valence-electron chi connectivity index (χ0n) is 15.5. The van der Waals surface area contributed by atoms with Crippen molar-refractivity contribution in [2.45, 2.75) is 0 Å². The molecule has 2 heterocycles. The molecule has 1 fully saturated rings. The number of nitro groups is 1. The fourth-order valence-electron chi connectivity index (χ4n) is 2.87. The van der Waals surface area contributed by atoms with Crippen molar-refractivity contribution in [3.8, 4) is 11.5 Å². The van der Waals surface area contributed by atoms with Crippen molar-refractivity contribution in [3.05, 3.63) is 62.0 Å². The highest BCUT2D eigenvalue weighted by atomic mass is 35.5. The molecule has 0 bridgehead atoms. The van der Waals surface area contributed by atoms with Gasteiger partial charge in [-0.05, 0) is 41.6 Å². The standard InChI is InChI=1S/C19H12ClN3O7S/c20-12-3-1-10(5-13(12)23(27)28)6-16-18(25)22(19(26)31-16)8-17(24)21-11-2-4-14-15(7-11)30-9-29-14/h1-7H,8-9H2,(H,21,24)/b16-6-. The van der Waals surface area contributed by atoms with Gasteiger partial charge in [-0.2, -0.15) is 0 Å². The van der Waals surface area contributed by atoms with Gasteiger partial charge in [0.15, 0.2) is 11.5 Å². The summed E-state index contributed by atoms with van der Waals surface area (Å²) in [6, 6.07) is 8.81. The molecule has 0 aliphatic carbocycles. The monoisotopic (exact) mass is 461 g/mol. The first kappa shape index (κ1) is 20.7. The molecule has 0 radical (unpaired) electrons. The van der Waals surface area contributed by atoms with Crippen LogP contribution < -0.4 is 14.8 Å². The van der Waals surface area contributed by atoms with Gasteiger partial charge in [-0.1, -0.05) is 17.7 Å². The number of imide groups is 1. The van der Waals surface area contributed by atoms with Gasteiger partial charge in [-0.25, -0.2) is 0 Å². The predicted molar refractivity (Wildman–Crippen MR) is 112 cm³/mol. The van der Waals surface area contributed by atoms with Crippen molar-refractivity contribution in [2.24, 2.45) is 0 Å². The van der Waals surface area contributed by atoms with E-state index in [1.165, 1.54) is 24.3 Å². The van der Waals surface area contributed by atoms with Crippen molar-refractivity contribution in [2.75, 3.05) is 18.7 Å². The maximum atomic E-state index is 12.6. The van der Waals surface area contributed by atoms with Crippen molar-refractivity contribution in [3.63, 3.8) is 0 Å². The van der Waals surface area contributed by atoms with Gasteiger partial charge in [-0.15, -0.1) is 0 Å². The predicted octanol–water partition coefficient (Wildman–Crippen LogP) is 3.65. The first-order valence-electron chi connectivity index (χ1n) is 8.70. The Hall–Kier alpha value is -3.57. The third kappa shape index (κ3) is 4.32. The van der Waals surface area contributed by atoms with Crippen molar-refractivity contribution in [1.29, 1.82) is 0 Å². The summed E-state index contributed by atoms with van der Waals surface area (Å²) in [5.41, 5.74) is 0.425. The van der Waals surface area contributed by atoms with E-state index in [-0.39, 0.29) is 22.4 Å². The summed E-state index contributed by atoms with van der Waals surface area (Å²) in [5.74, 6) is -0.224. The van der Waals surface area contributed by atoms with Gasteiger partial charge in [-0.3, -0.25) is 29.4 Å². The fraction of sp³-hybridized carbons (Fsp3) is 0.105. The van der Waals surface area contributed by atoms with E-state index in [4.69, 9.17) is 21.1 Å². The number of nitrogens with zero attached hydrogens (tertiary/aromatic N) is 2. The number of nitro benzene ring substituents is 1. The van der Waals surface area contributed by atoms with Crippen LogP contribution >= 0.6 is 23.4 Å². The second kappa shape index (κ2) is 8.28. The number of nitrogens with one attached hydrogen (secondary N) is 1.